The van der Waals surface area contributed by atoms with Crippen molar-refractivity contribution in [1.82, 2.24) is 4.72 Å². The van der Waals surface area contributed by atoms with E-state index in [4.69, 9.17) is 0 Å². The van der Waals surface area contributed by atoms with Crippen LogP contribution in [0.3, 0.4) is 0 Å². The Hall–Kier alpha value is -1.44. The first-order chi connectivity index (χ1) is 9.90. The second kappa shape index (κ2) is 6.13. The van der Waals surface area contributed by atoms with Crippen LogP contribution in [0.4, 0.5) is 0 Å². The number of esters is 1. The van der Waals surface area contributed by atoms with Crippen molar-refractivity contribution in [2.75, 3.05) is 13.7 Å². The van der Waals surface area contributed by atoms with Crippen molar-refractivity contribution >= 4 is 16.0 Å². The number of rotatable bonds is 6. The van der Waals surface area contributed by atoms with Gasteiger partial charge in [-0.15, -0.1) is 0 Å². The first-order valence-electron chi connectivity index (χ1n) is 6.69. The Morgan fingerprint density at radius 1 is 1.43 bits per heavy atom. The molecule has 0 aliphatic heterocycles. The van der Waals surface area contributed by atoms with Crippen molar-refractivity contribution < 1.29 is 23.1 Å². The number of aliphatic hydroxyl groups is 1. The maximum atomic E-state index is 12.2. The van der Waals surface area contributed by atoms with Gasteiger partial charge in [0.05, 0.1) is 30.6 Å². The van der Waals surface area contributed by atoms with Gasteiger partial charge in [0.25, 0.3) is 0 Å². The van der Waals surface area contributed by atoms with Crippen LogP contribution in [0.2, 0.25) is 0 Å². The second-order valence-electron chi connectivity index (χ2n) is 5.35. The lowest BCUT2D eigenvalue weighted by Gasteiger charge is -2.40. The molecule has 1 aromatic rings. The summed E-state index contributed by atoms with van der Waals surface area (Å²) in [6.07, 6.45) is 2.19. The average molecular weight is 313 g/mol. The highest BCUT2D eigenvalue weighted by atomic mass is 32.2. The van der Waals surface area contributed by atoms with Gasteiger partial charge in [0, 0.05) is 0 Å². The van der Waals surface area contributed by atoms with E-state index < -0.39 is 21.5 Å². The Balaban J connectivity index is 2.11. The lowest BCUT2D eigenvalue weighted by atomic mass is 9.78. The van der Waals surface area contributed by atoms with Gasteiger partial charge in [-0.1, -0.05) is 12.1 Å². The van der Waals surface area contributed by atoms with Crippen molar-refractivity contribution in [3.8, 4) is 0 Å². The van der Waals surface area contributed by atoms with E-state index in [1.165, 1.54) is 13.2 Å². The molecule has 0 amide bonds. The van der Waals surface area contributed by atoms with E-state index in [0.29, 0.717) is 24.0 Å². The summed E-state index contributed by atoms with van der Waals surface area (Å²) in [6, 6.07) is 6.31. The highest BCUT2D eigenvalue weighted by molar-refractivity contribution is 7.88. The molecular formula is C14H19NO5S. The molecule has 1 aliphatic carbocycles. The second-order valence-corrected chi connectivity index (χ2v) is 7.07. The summed E-state index contributed by atoms with van der Waals surface area (Å²) in [5, 5.41) is 9.33. The number of benzene rings is 1. The van der Waals surface area contributed by atoms with Crippen molar-refractivity contribution in [2.45, 2.75) is 30.6 Å². The summed E-state index contributed by atoms with van der Waals surface area (Å²) in [6.45, 7) is -0.200. The molecule has 6 nitrogen and oxygen atoms in total. The van der Waals surface area contributed by atoms with Crippen LogP contribution < -0.4 is 4.72 Å². The van der Waals surface area contributed by atoms with E-state index in [9.17, 15) is 18.3 Å². The average Bonchev–Trinajstić information content (AvgIpc) is 2.42. The number of methoxy groups -OCH3 is 1. The normalized spacial score (nSPS) is 17.0. The molecule has 0 spiro atoms. The third-order valence-electron chi connectivity index (χ3n) is 3.69. The Morgan fingerprint density at radius 3 is 2.67 bits per heavy atom. The van der Waals surface area contributed by atoms with Gasteiger partial charge < -0.3 is 9.84 Å². The third-order valence-corrected chi connectivity index (χ3v) is 5.15. The molecule has 0 atom stereocenters. The first kappa shape index (κ1) is 15.9. The molecule has 0 aromatic heterocycles. The standard InChI is InChI=1S/C14H19NO5S/c1-20-13(17)12-5-2-4-11(8-12)9-21(18,19)15-14(10-16)6-3-7-14/h2,4-5,8,15-16H,3,6-7,9-10H2,1H3. The van der Waals surface area contributed by atoms with Crippen LogP contribution in [0.25, 0.3) is 0 Å². The summed E-state index contributed by atoms with van der Waals surface area (Å²) >= 11 is 0. The minimum absolute atomic E-state index is 0.200. The number of aliphatic hydroxyl groups excluding tert-OH is 1. The fourth-order valence-corrected chi connectivity index (χ4v) is 4.01. The van der Waals surface area contributed by atoms with Crippen LogP contribution in [0.15, 0.2) is 24.3 Å². The van der Waals surface area contributed by atoms with Crippen molar-refractivity contribution in [2.24, 2.45) is 0 Å². The number of hydrogen-bond donors (Lipinski definition) is 2. The van der Waals surface area contributed by atoms with E-state index in [2.05, 4.69) is 9.46 Å². The highest BCUT2D eigenvalue weighted by Crippen LogP contribution is 2.32. The minimum atomic E-state index is -3.58. The fourth-order valence-electron chi connectivity index (χ4n) is 2.39. The van der Waals surface area contributed by atoms with Crippen LogP contribution >= 0.6 is 0 Å². The smallest absolute Gasteiger partial charge is 0.337 e. The molecule has 1 aromatic carbocycles. The molecule has 1 saturated carbocycles. The number of sulfonamides is 1. The molecule has 0 unspecified atom stereocenters. The predicted octanol–water partition coefficient (Wildman–Crippen LogP) is 0.808. The van der Waals surface area contributed by atoms with Gasteiger partial charge in [-0.2, -0.15) is 0 Å². The Morgan fingerprint density at radius 2 is 2.14 bits per heavy atom. The lowest BCUT2D eigenvalue weighted by molar-refractivity contribution is 0.0600. The number of carbonyl (C=O) groups is 1. The van der Waals surface area contributed by atoms with Crippen LogP contribution in [0.1, 0.15) is 35.2 Å². The Kier molecular flexibility index (Phi) is 4.65. The van der Waals surface area contributed by atoms with Gasteiger partial charge in [-0.3, -0.25) is 0 Å². The SMILES string of the molecule is COC(=O)c1cccc(CS(=O)(=O)NC2(CO)CCC2)c1. The van der Waals surface area contributed by atoms with Crippen molar-refractivity contribution in [3.05, 3.63) is 35.4 Å². The van der Waals surface area contributed by atoms with Crippen molar-refractivity contribution in [3.63, 3.8) is 0 Å². The Labute approximate surface area is 124 Å². The Bertz CT molecular complexity index is 616. The third kappa shape index (κ3) is 3.81. The molecule has 2 N–H and O–H groups in total. The maximum Gasteiger partial charge on any atom is 0.337 e. The van der Waals surface area contributed by atoms with Gasteiger partial charge in [0.2, 0.25) is 10.0 Å². The number of carbonyl (C=O) groups excluding carboxylic acids is 1. The van der Waals surface area contributed by atoms with Crippen LogP contribution in [0, 0.1) is 0 Å². The molecule has 2 rings (SSSR count). The molecule has 1 fully saturated rings. The summed E-state index contributed by atoms with van der Waals surface area (Å²) in [4.78, 5) is 11.4. The molecule has 0 heterocycles. The molecule has 0 saturated heterocycles. The van der Waals surface area contributed by atoms with Gasteiger partial charge in [0.1, 0.15) is 0 Å². The summed E-state index contributed by atoms with van der Waals surface area (Å²) in [5.41, 5.74) is 0.0993. The molecule has 116 valence electrons. The zero-order valence-corrected chi connectivity index (χ0v) is 12.6. The summed E-state index contributed by atoms with van der Waals surface area (Å²) in [5.74, 6) is -0.743. The molecule has 1 aliphatic rings. The molecule has 7 heteroatoms. The summed E-state index contributed by atoms with van der Waals surface area (Å²) < 4.78 is 31.5. The van der Waals surface area contributed by atoms with Crippen LogP contribution in [-0.2, 0) is 20.5 Å². The zero-order valence-electron chi connectivity index (χ0n) is 11.8. The van der Waals surface area contributed by atoms with E-state index in [-0.39, 0.29) is 12.4 Å². The topological polar surface area (TPSA) is 92.7 Å². The van der Waals surface area contributed by atoms with E-state index >= 15 is 0 Å². The van der Waals surface area contributed by atoms with Crippen LogP contribution in [0.5, 0.6) is 0 Å². The van der Waals surface area contributed by atoms with Gasteiger partial charge in [0.15, 0.2) is 0 Å². The van der Waals surface area contributed by atoms with Gasteiger partial charge >= 0.3 is 5.97 Å². The number of nitrogens with one attached hydrogen (secondary N) is 1. The maximum absolute atomic E-state index is 12.2. The van der Waals surface area contributed by atoms with E-state index in [1.54, 1.807) is 18.2 Å². The molecule has 0 radical (unpaired) electrons. The highest BCUT2D eigenvalue weighted by Gasteiger charge is 2.39. The van der Waals surface area contributed by atoms with Crippen LogP contribution in [-0.4, -0.2) is 38.7 Å². The quantitative estimate of drug-likeness (QED) is 0.758. The molecular weight excluding hydrogens is 294 g/mol. The zero-order chi connectivity index (χ0) is 15.5. The van der Waals surface area contributed by atoms with E-state index in [0.717, 1.165) is 6.42 Å². The monoisotopic (exact) mass is 313 g/mol. The first-order valence-corrected chi connectivity index (χ1v) is 8.35. The summed E-state index contributed by atoms with van der Waals surface area (Å²) in [7, 11) is -2.30. The number of hydrogen-bond acceptors (Lipinski definition) is 5. The predicted molar refractivity (Wildman–Crippen MR) is 77.2 cm³/mol. The molecule has 21 heavy (non-hydrogen) atoms. The lowest BCUT2D eigenvalue weighted by Crippen LogP contribution is -2.56. The van der Waals surface area contributed by atoms with Gasteiger partial charge in [-0.25, -0.2) is 17.9 Å². The van der Waals surface area contributed by atoms with E-state index in [1.807, 2.05) is 0 Å². The minimum Gasteiger partial charge on any atom is -0.465 e. The molecule has 0 bridgehead atoms. The number of ether oxygens (including phenoxy) is 1. The largest absolute Gasteiger partial charge is 0.465 e. The fraction of sp³-hybridized carbons (Fsp3) is 0.500. The van der Waals surface area contributed by atoms with Crippen molar-refractivity contribution in [1.29, 1.82) is 0 Å². The van der Waals surface area contributed by atoms with Gasteiger partial charge in [-0.05, 0) is 37.0 Å².